The van der Waals surface area contributed by atoms with Gasteiger partial charge in [0, 0.05) is 26.2 Å². The van der Waals surface area contributed by atoms with Crippen LogP contribution in [0.1, 0.15) is 25.5 Å². The zero-order chi connectivity index (χ0) is 13.0. The first-order chi connectivity index (χ1) is 8.68. The van der Waals surface area contributed by atoms with Gasteiger partial charge < -0.3 is 10.6 Å². The SMILES string of the molecule is CC(NC(=O)C(C)N1CCNCC1)c1ccsc1. The summed E-state index contributed by atoms with van der Waals surface area (Å²) in [6.45, 7) is 7.85. The molecule has 2 unspecified atom stereocenters. The molecule has 0 saturated carbocycles. The van der Waals surface area contributed by atoms with E-state index in [0.29, 0.717) is 0 Å². The molecule has 0 aromatic carbocycles. The zero-order valence-corrected chi connectivity index (χ0v) is 11.8. The Labute approximate surface area is 112 Å². The smallest absolute Gasteiger partial charge is 0.237 e. The summed E-state index contributed by atoms with van der Waals surface area (Å²) in [5.41, 5.74) is 1.18. The summed E-state index contributed by atoms with van der Waals surface area (Å²) in [4.78, 5) is 14.4. The number of carbonyl (C=O) groups is 1. The molecule has 2 atom stereocenters. The minimum Gasteiger partial charge on any atom is -0.348 e. The lowest BCUT2D eigenvalue weighted by Gasteiger charge is -2.32. The van der Waals surface area contributed by atoms with Crippen molar-refractivity contribution in [1.29, 1.82) is 0 Å². The summed E-state index contributed by atoms with van der Waals surface area (Å²) < 4.78 is 0. The monoisotopic (exact) mass is 267 g/mol. The number of piperazine rings is 1. The molecule has 2 heterocycles. The number of nitrogens with zero attached hydrogens (tertiary/aromatic N) is 1. The maximum Gasteiger partial charge on any atom is 0.237 e. The van der Waals surface area contributed by atoms with Crippen molar-refractivity contribution in [1.82, 2.24) is 15.5 Å². The number of hydrogen-bond donors (Lipinski definition) is 2. The minimum atomic E-state index is -0.0480. The molecule has 100 valence electrons. The average Bonchev–Trinajstić information content (AvgIpc) is 2.92. The fourth-order valence-corrected chi connectivity index (χ4v) is 2.93. The summed E-state index contributed by atoms with van der Waals surface area (Å²) in [6.07, 6.45) is 0. The van der Waals surface area contributed by atoms with Crippen molar-refractivity contribution in [2.75, 3.05) is 26.2 Å². The largest absolute Gasteiger partial charge is 0.348 e. The standard InChI is InChI=1S/C13H21N3OS/c1-10(12-3-8-18-9-12)15-13(17)11(2)16-6-4-14-5-7-16/h3,8-11,14H,4-7H2,1-2H3,(H,15,17). The lowest BCUT2D eigenvalue weighted by Crippen LogP contribution is -2.52. The van der Waals surface area contributed by atoms with Crippen LogP contribution in [0.25, 0.3) is 0 Å². The van der Waals surface area contributed by atoms with Gasteiger partial charge in [0.25, 0.3) is 0 Å². The molecule has 4 nitrogen and oxygen atoms in total. The lowest BCUT2D eigenvalue weighted by molar-refractivity contribution is -0.126. The summed E-state index contributed by atoms with van der Waals surface area (Å²) >= 11 is 1.66. The normalized spacial score (nSPS) is 20.3. The molecule has 1 aromatic rings. The van der Waals surface area contributed by atoms with Gasteiger partial charge in [-0.1, -0.05) is 0 Å². The molecule has 0 radical (unpaired) electrons. The van der Waals surface area contributed by atoms with Gasteiger partial charge in [0.15, 0.2) is 0 Å². The fraction of sp³-hybridized carbons (Fsp3) is 0.615. The number of amides is 1. The lowest BCUT2D eigenvalue weighted by atomic mass is 10.1. The van der Waals surface area contributed by atoms with Crippen LogP contribution in [0, 0.1) is 0 Å². The van der Waals surface area contributed by atoms with Gasteiger partial charge >= 0.3 is 0 Å². The van der Waals surface area contributed by atoms with Crippen LogP contribution < -0.4 is 10.6 Å². The molecule has 18 heavy (non-hydrogen) atoms. The van der Waals surface area contributed by atoms with Crippen LogP contribution >= 0.6 is 11.3 Å². The fourth-order valence-electron chi connectivity index (χ4n) is 2.17. The second-order valence-electron chi connectivity index (χ2n) is 4.75. The molecule has 2 rings (SSSR count). The van der Waals surface area contributed by atoms with Crippen LogP contribution in [0.15, 0.2) is 16.8 Å². The first kappa shape index (κ1) is 13.5. The minimum absolute atomic E-state index is 0.0480. The molecule has 0 spiro atoms. The van der Waals surface area contributed by atoms with E-state index in [4.69, 9.17) is 0 Å². The molecule has 1 saturated heterocycles. The summed E-state index contributed by atoms with van der Waals surface area (Å²) in [5, 5.41) is 10.5. The third-order valence-corrected chi connectivity index (χ3v) is 4.18. The van der Waals surface area contributed by atoms with Gasteiger partial charge in [0.2, 0.25) is 5.91 Å². The number of thiophene rings is 1. The quantitative estimate of drug-likeness (QED) is 0.862. The Morgan fingerprint density at radius 1 is 1.44 bits per heavy atom. The van der Waals surface area contributed by atoms with Gasteiger partial charge in [-0.2, -0.15) is 11.3 Å². The van der Waals surface area contributed by atoms with Crippen LogP contribution in [0.5, 0.6) is 0 Å². The van der Waals surface area contributed by atoms with E-state index < -0.39 is 0 Å². The molecular formula is C13H21N3OS. The van der Waals surface area contributed by atoms with Crippen molar-refractivity contribution >= 4 is 17.2 Å². The van der Waals surface area contributed by atoms with Gasteiger partial charge in [-0.15, -0.1) is 0 Å². The molecule has 1 amide bonds. The number of rotatable bonds is 4. The highest BCUT2D eigenvalue weighted by atomic mass is 32.1. The topological polar surface area (TPSA) is 44.4 Å². The van der Waals surface area contributed by atoms with E-state index in [1.165, 1.54) is 5.56 Å². The van der Waals surface area contributed by atoms with Crippen molar-refractivity contribution in [2.45, 2.75) is 25.9 Å². The Kier molecular flexibility index (Phi) is 4.74. The number of carbonyl (C=O) groups excluding carboxylic acids is 1. The van der Waals surface area contributed by atoms with Crippen LogP contribution in [0.4, 0.5) is 0 Å². The second kappa shape index (κ2) is 6.31. The Morgan fingerprint density at radius 3 is 2.78 bits per heavy atom. The summed E-state index contributed by atoms with van der Waals surface area (Å²) in [7, 11) is 0. The van der Waals surface area contributed by atoms with E-state index >= 15 is 0 Å². The highest BCUT2D eigenvalue weighted by Gasteiger charge is 2.23. The molecule has 0 bridgehead atoms. The predicted molar refractivity (Wildman–Crippen MR) is 74.8 cm³/mol. The first-order valence-electron chi connectivity index (χ1n) is 6.45. The Bertz CT molecular complexity index is 374. The van der Waals surface area contributed by atoms with Gasteiger partial charge in [-0.25, -0.2) is 0 Å². The van der Waals surface area contributed by atoms with Crippen LogP contribution in [0.2, 0.25) is 0 Å². The predicted octanol–water partition coefficient (Wildman–Crippen LogP) is 1.22. The van der Waals surface area contributed by atoms with Crippen LogP contribution in [-0.4, -0.2) is 43.0 Å². The zero-order valence-electron chi connectivity index (χ0n) is 11.0. The van der Waals surface area contributed by atoms with Crippen LogP contribution in [0.3, 0.4) is 0 Å². The van der Waals surface area contributed by atoms with E-state index in [1.54, 1.807) is 11.3 Å². The van der Waals surface area contributed by atoms with Gasteiger partial charge in [-0.3, -0.25) is 9.69 Å². The van der Waals surface area contributed by atoms with Crippen molar-refractivity contribution in [3.8, 4) is 0 Å². The molecular weight excluding hydrogens is 246 g/mol. The Morgan fingerprint density at radius 2 is 2.17 bits per heavy atom. The van der Waals surface area contributed by atoms with Crippen molar-refractivity contribution in [3.63, 3.8) is 0 Å². The highest BCUT2D eigenvalue weighted by Crippen LogP contribution is 2.16. The van der Waals surface area contributed by atoms with E-state index in [2.05, 4.69) is 27.0 Å². The molecule has 0 aliphatic carbocycles. The third kappa shape index (κ3) is 3.31. The van der Waals surface area contributed by atoms with Crippen LogP contribution in [-0.2, 0) is 4.79 Å². The van der Waals surface area contributed by atoms with E-state index in [0.717, 1.165) is 26.2 Å². The summed E-state index contributed by atoms with van der Waals surface area (Å²) in [5.74, 6) is 0.121. The third-order valence-electron chi connectivity index (χ3n) is 3.48. The van der Waals surface area contributed by atoms with E-state index in [1.807, 2.05) is 19.2 Å². The molecule has 1 fully saturated rings. The Balaban J connectivity index is 1.86. The molecule has 1 aliphatic heterocycles. The molecule has 1 aromatic heterocycles. The Hall–Kier alpha value is -0.910. The first-order valence-corrected chi connectivity index (χ1v) is 7.40. The number of nitrogens with one attached hydrogen (secondary N) is 2. The van der Waals surface area contributed by atoms with Crippen molar-refractivity contribution < 1.29 is 4.79 Å². The van der Waals surface area contributed by atoms with Gasteiger partial charge in [0.05, 0.1) is 12.1 Å². The summed E-state index contributed by atoms with van der Waals surface area (Å²) in [6, 6.07) is 2.10. The maximum absolute atomic E-state index is 12.2. The highest BCUT2D eigenvalue weighted by molar-refractivity contribution is 7.07. The van der Waals surface area contributed by atoms with Gasteiger partial charge in [0.1, 0.15) is 0 Å². The number of hydrogen-bond acceptors (Lipinski definition) is 4. The molecule has 2 N–H and O–H groups in total. The molecule has 5 heteroatoms. The average molecular weight is 267 g/mol. The van der Waals surface area contributed by atoms with E-state index in [9.17, 15) is 4.79 Å². The van der Waals surface area contributed by atoms with Gasteiger partial charge in [-0.05, 0) is 36.2 Å². The van der Waals surface area contributed by atoms with Crippen molar-refractivity contribution in [3.05, 3.63) is 22.4 Å². The van der Waals surface area contributed by atoms with E-state index in [-0.39, 0.29) is 18.0 Å². The second-order valence-corrected chi connectivity index (χ2v) is 5.53. The molecule has 1 aliphatic rings. The van der Waals surface area contributed by atoms with Crippen molar-refractivity contribution in [2.24, 2.45) is 0 Å². The maximum atomic E-state index is 12.2.